The lowest BCUT2D eigenvalue weighted by Gasteiger charge is -2.16. The number of rotatable bonds is 5. The molecule has 3 rings (SSSR count). The fourth-order valence-corrected chi connectivity index (χ4v) is 3.06. The van der Waals surface area contributed by atoms with Gasteiger partial charge in [0.1, 0.15) is 11.6 Å². The van der Waals surface area contributed by atoms with Crippen LogP contribution in [0, 0.1) is 18.6 Å². The summed E-state index contributed by atoms with van der Waals surface area (Å²) in [6.07, 6.45) is -4.25. The first-order valence-corrected chi connectivity index (χ1v) is 9.04. The number of nitrogens with zero attached hydrogens (tertiary/aromatic N) is 2. The third-order valence-electron chi connectivity index (χ3n) is 4.51. The van der Waals surface area contributed by atoms with Crippen LogP contribution in [0.15, 0.2) is 48.7 Å². The molecular weight excluding hydrogens is 405 g/mol. The molecule has 1 amide bonds. The molecule has 0 aliphatic heterocycles. The van der Waals surface area contributed by atoms with E-state index < -0.39 is 41.0 Å². The Kier molecular flexibility index (Phi) is 5.91. The largest absolute Gasteiger partial charge is 0.434 e. The highest BCUT2D eigenvalue weighted by atomic mass is 19.4. The molecule has 2 aromatic carbocycles. The second-order valence-electron chi connectivity index (χ2n) is 6.93. The first kappa shape index (κ1) is 21.5. The van der Waals surface area contributed by atoms with Crippen molar-refractivity contribution in [3.8, 4) is 5.69 Å². The lowest BCUT2D eigenvalue weighted by atomic mass is 10.1. The van der Waals surface area contributed by atoms with Gasteiger partial charge in [-0.15, -0.1) is 0 Å². The highest BCUT2D eigenvalue weighted by Gasteiger charge is 2.40. The van der Waals surface area contributed by atoms with Crippen molar-refractivity contribution < 1.29 is 26.7 Å². The number of amides is 1. The van der Waals surface area contributed by atoms with E-state index in [2.05, 4.69) is 10.4 Å². The quantitative estimate of drug-likeness (QED) is 0.597. The van der Waals surface area contributed by atoms with Crippen LogP contribution in [-0.2, 0) is 12.6 Å². The minimum Gasteiger partial charge on any atom is -0.349 e. The summed E-state index contributed by atoms with van der Waals surface area (Å²) in [5, 5.41) is 6.10. The van der Waals surface area contributed by atoms with Gasteiger partial charge in [0, 0.05) is 11.6 Å². The standard InChI is InChI=1S/C21H18F5N3O/c1-12-6-8-14(9-7-12)29-19(21(24,25)26)16(11-27-29)20(30)28-13(2)10-15-17(22)4-3-5-18(15)23/h3-9,11,13H,10H2,1-2H3,(H,28,30). The van der Waals surface area contributed by atoms with E-state index in [0.717, 1.165) is 23.9 Å². The van der Waals surface area contributed by atoms with Gasteiger partial charge in [-0.05, 0) is 44.5 Å². The molecule has 1 heterocycles. The Bertz CT molecular complexity index is 1040. The first-order valence-electron chi connectivity index (χ1n) is 9.04. The minimum atomic E-state index is -4.85. The normalized spacial score (nSPS) is 12.6. The van der Waals surface area contributed by atoms with Gasteiger partial charge >= 0.3 is 6.18 Å². The fourth-order valence-electron chi connectivity index (χ4n) is 3.06. The molecule has 0 fully saturated rings. The van der Waals surface area contributed by atoms with Crippen molar-refractivity contribution in [1.29, 1.82) is 0 Å². The fraction of sp³-hybridized carbons (Fsp3) is 0.238. The van der Waals surface area contributed by atoms with Crippen molar-refractivity contribution in [1.82, 2.24) is 15.1 Å². The summed E-state index contributed by atoms with van der Waals surface area (Å²) < 4.78 is 69.4. The van der Waals surface area contributed by atoms with E-state index in [0.29, 0.717) is 4.68 Å². The van der Waals surface area contributed by atoms with Gasteiger partial charge in [-0.3, -0.25) is 4.79 Å². The van der Waals surface area contributed by atoms with Crippen LogP contribution >= 0.6 is 0 Å². The van der Waals surface area contributed by atoms with Crippen LogP contribution < -0.4 is 5.32 Å². The predicted molar refractivity (Wildman–Crippen MR) is 100 cm³/mol. The van der Waals surface area contributed by atoms with Gasteiger partial charge in [0.25, 0.3) is 5.91 Å². The summed E-state index contributed by atoms with van der Waals surface area (Å²) in [4.78, 5) is 12.5. The zero-order chi connectivity index (χ0) is 22.1. The number of hydrogen-bond donors (Lipinski definition) is 1. The molecule has 9 heteroatoms. The van der Waals surface area contributed by atoms with Gasteiger partial charge in [0.2, 0.25) is 0 Å². The van der Waals surface area contributed by atoms with Crippen LogP contribution in [-0.4, -0.2) is 21.7 Å². The lowest BCUT2D eigenvalue weighted by Crippen LogP contribution is -2.35. The molecule has 4 nitrogen and oxygen atoms in total. The predicted octanol–water partition coefficient (Wildman–Crippen LogP) is 4.84. The molecule has 0 aliphatic rings. The molecule has 158 valence electrons. The van der Waals surface area contributed by atoms with E-state index in [-0.39, 0.29) is 17.7 Å². The summed E-state index contributed by atoms with van der Waals surface area (Å²) in [5.74, 6) is -2.62. The molecule has 0 radical (unpaired) electrons. The van der Waals surface area contributed by atoms with Gasteiger partial charge in [-0.25, -0.2) is 13.5 Å². The minimum absolute atomic E-state index is 0.147. The Labute approximate surface area is 169 Å². The zero-order valence-corrected chi connectivity index (χ0v) is 16.1. The van der Waals surface area contributed by atoms with E-state index in [9.17, 15) is 26.7 Å². The van der Waals surface area contributed by atoms with Crippen molar-refractivity contribution >= 4 is 5.91 Å². The number of alkyl halides is 3. The average Bonchev–Trinajstić information content (AvgIpc) is 3.11. The van der Waals surface area contributed by atoms with E-state index >= 15 is 0 Å². The SMILES string of the molecule is Cc1ccc(-n2ncc(C(=O)NC(C)Cc3c(F)cccc3F)c2C(F)(F)F)cc1. The number of halogens is 5. The summed E-state index contributed by atoms with van der Waals surface area (Å²) in [6, 6.07) is 8.69. The molecule has 0 bridgehead atoms. The highest BCUT2D eigenvalue weighted by molar-refractivity contribution is 5.95. The lowest BCUT2D eigenvalue weighted by molar-refractivity contribution is -0.143. The number of aromatic nitrogens is 2. The van der Waals surface area contributed by atoms with Crippen LogP contribution in [0.5, 0.6) is 0 Å². The van der Waals surface area contributed by atoms with Crippen molar-refractivity contribution in [3.05, 3.63) is 82.7 Å². The number of nitrogens with one attached hydrogen (secondary N) is 1. The molecule has 1 unspecified atom stereocenters. The molecule has 0 aliphatic carbocycles. The van der Waals surface area contributed by atoms with E-state index in [1.165, 1.54) is 25.1 Å². The molecule has 0 saturated carbocycles. The summed E-state index contributed by atoms with van der Waals surface area (Å²) in [5.41, 5.74) is -1.16. The number of benzene rings is 2. The topological polar surface area (TPSA) is 46.9 Å². The van der Waals surface area contributed by atoms with Gasteiger partial charge in [-0.2, -0.15) is 18.3 Å². The summed E-state index contributed by atoms with van der Waals surface area (Å²) >= 11 is 0. The van der Waals surface area contributed by atoms with Crippen molar-refractivity contribution in [2.45, 2.75) is 32.5 Å². The van der Waals surface area contributed by atoms with Crippen LogP contribution in [0.2, 0.25) is 0 Å². The van der Waals surface area contributed by atoms with Crippen LogP contribution in [0.4, 0.5) is 22.0 Å². The molecule has 1 atom stereocenters. The third-order valence-corrected chi connectivity index (χ3v) is 4.51. The van der Waals surface area contributed by atoms with Crippen molar-refractivity contribution in [2.24, 2.45) is 0 Å². The maximum absolute atomic E-state index is 13.8. The summed E-state index contributed by atoms with van der Waals surface area (Å²) in [7, 11) is 0. The van der Waals surface area contributed by atoms with Gasteiger partial charge in [-0.1, -0.05) is 23.8 Å². The van der Waals surface area contributed by atoms with Gasteiger partial charge < -0.3 is 5.32 Å². The molecule has 1 aromatic heterocycles. The van der Waals surface area contributed by atoms with Crippen molar-refractivity contribution in [2.75, 3.05) is 0 Å². The molecule has 0 spiro atoms. The van der Waals surface area contributed by atoms with E-state index in [4.69, 9.17) is 0 Å². The maximum atomic E-state index is 13.8. The number of aryl methyl sites for hydroxylation is 1. The monoisotopic (exact) mass is 423 g/mol. The van der Waals surface area contributed by atoms with Gasteiger partial charge in [0.15, 0.2) is 5.69 Å². The Hall–Kier alpha value is -3.23. The number of carbonyl (C=O) groups excluding carboxylic acids is 1. The molecule has 1 N–H and O–H groups in total. The van der Waals surface area contributed by atoms with E-state index in [1.807, 2.05) is 0 Å². The maximum Gasteiger partial charge on any atom is 0.434 e. The van der Waals surface area contributed by atoms with Crippen LogP contribution in [0.25, 0.3) is 5.69 Å². The smallest absolute Gasteiger partial charge is 0.349 e. The number of hydrogen-bond acceptors (Lipinski definition) is 2. The Morgan fingerprint density at radius 3 is 2.27 bits per heavy atom. The second-order valence-corrected chi connectivity index (χ2v) is 6.93. The number of carbonyl (C=O) groups is 1. The second kappa shape index (κ2) is 8.25. The first-order chi connectivity index (χ1) is 14.1. The zero-order valence-electron chi connectivity index (χ0n) is 16.1. The molecule has 30 heavy (non-hydrogen) atoms. The van der Waals surface area contributed by atoms with Crippen LogP contribution in [0.1, 0.15) is 34.1 Å². The average molecular weight is 423 g/mol. The van der Waals surface area contributed by atoms with E-state index in [1.54, 1.807) is 19.1 Å². The van der Waals surface area contributed by atoms with Gasteiger partial charge in [0.05, 0.1) is 17.4 Å². The Balaban J connectivity index is 1.88. The Morgan fingerprint density at radius 1 is 1.10 bits per heavy atom. The third kappa shape index (κ3) is 4.50. The molecular formula is C21H18F5N3O. The highest BCUT2D eigenvalue weighted by Crippen LogP contribution is 2.33. The van der Waals surface area contributed by atoms with Crippen molar-refractivity contribution in [3.63, 3.8) is 0 Å². The molecule has 3 aromatic rings. The Morgan fingerprint density at radius 2 is 1.70 bits per heavy atom. The summed E-state index contributed by atoms with van der Waals surface area (Å²) in [6.45, 7) is 3.23. The molecule has 0 saturated heterocycles. The van der Waals surface area contributed by atoms with Crippen LogP contribution in [0.3, 0.4) is 0 Å².